The number of urea groups is 1. The molecule has 3 amide bonds. The van der Waals surface area contributed by atoms with Crippen molar-refractivity contribution in [3.63, 3.8) is 0 Å². The first-order valence-electron chi connectivity index (χ1n) is 12.6. The summed E-state index contributed by atoms with van der Waals surface area (Å²) >= 11 is 12.4. The lowest BCUT2D eigenvalue weighted by molar-refractivity contribution is -0.123. The molecule has 1 N–H and O–H groups in total. The highest BCUT2D eigenvalue weighted by Gasteiger charge is 2.45. The number of halogens is 3. The molecule has 2 aliphatic rings. The molecular formula is C29H27Cl2FN4O3. The maximum Gasteiger partial charge on any atom is 0.326 e. The Bertz CT molecular complexity index is 1410. The SMILES string of the molecule is CC(C)Oc1cc(F)ccc1C1=NC(c2ccc(Cl)cc2)C(c2ccc(Cl)cc2)N1C(=O)N1CCNC(=O)C1. The number of ether oxygens (including phenoxy) is 1. The summed E-state index contributed by atoms with van der Waals surface area (Å²) in [5, 5.41) is 3.88. The third-order valence-electron chi connectivity index (χ3n) is 6.55. The number of amidine groups is 1. The zero-order chi connectivity index (χ0) is 27.7. The third kappa shape index (κ3) is 5.72. The molecule has 1 fully saturated rings. The fraction of sp³-hybridized carbons (Fsp3) is 0.276. The normalized spacial score (nSPS) is 19.2. The van der Waals surface area contributed by atoms with E-state index >= 15 is 0 Å². The van der Waals surface area contributed by atoms with Crippen LogP contribution in [0.5, 0.6) is 5.75 Å². The van der Waals surface area contributed by atoms with E-state index in [1.54, 1.807) is 35.2 Å². The third-order valence-corrected chi connectivity index (χ3v) is 7.06. The number of hydrogen-bond donors (Lipinski definition) is 1. The lowest BCUT2D eigenvalue weighted by atomic mass is 9.93. The van der Waals surface area contributed by atoms with Crippen molar-refractivity contribution >= 4 is 41.0 Å². The zero-order valence-electron chi connectivity index (χ0n) is 21.4. The van der Waals surface area contributed by atoms with Crippen LogP contribution >= 0.6 is 23.2 Å². The fourth-order valence-electron chi connectivity index (χ4n) is 4.84. The summed E-state index contributed by atoms with van der Waals surface area (Å²) in [5.74, 6) is -0.122. The van der Waals surface area contributed by atoms with Gasteiger partial charge in [-0.1, -0.05) is 47.5 Å². The minimum atomic E-state index is -0.590. The minimum Gasteiger partial charge on any atom is -0.490 e. The van der Waals surface area contributed by atoms with Gasteiger partial charge in [-0.2, -0.15) is 0 Å². The van der Waals surface area contributed by atoms with Gasteiger partial charge < -0.3 is 15.0 Å². The Morgan fingerprint density at radius 3 is 2.28 bits per heavy atom. The van der Waals surface area contributed by atoms with Crippen molar-refractivity contribution in [2.24, 2.45) is 4.99 Å². The topological polar surface area (TPSA) is 74.2 Å². The van der Waals surface area contributed by atoms with E-state index in [0.29, 0.717) is 34.5 Å². The van der Waals surface area contributed by atoms with Gasteiger partial charge >= 0.3 is 6.03 Å². The maximum atomic E-state index is 14.4. The second-order valence-corrected chi connectivity index (χ2v) is 10.5. The smallest absolute Gasteiger partial charge is 0.326 e. The summed E-state index contributed by atoms with van der Waals surface area (Å²) in [6.07, 6.45) is -0.249. The van der Waals surface area contributed by atoms with Crippen LogP contribution in [0.4, 0.5) is 9.18 Å². The zero-order valence-corrected chi connectivity index (χ0v) is 22.9. The summed E-state index contributed by atoms with van der Waals surface area (Å²) < 4.78 is 20.3. The van der Waals surface area contributed by atoms with Crippen molar-refractivity contribution in [1.82, 2.24) is 15.1 Å². The molecule has 2 atom stereocenters. The lowest BCUT2D eigenvalue weighted by Crippen LogP contribution is -2.55. The van der Waals surface area contributed by atoms with E-state index in [1.165, 1.54) is 17.0 Å². The number of amides is 3. The molecule has 0 aliphatic carbocycles. The Labute approximate surface area is 236 Å². The highest BCUT2D eigenvalue weighted by Crippen LogP contribution is 2.45. The van der Waals surface area contributed by atoms with Crippen molar-refractivity contribution < 1.29 is 18.7 Å². The standard InChI is InChI=1S/C29H27Cl2FN4O3/c1-17(2)39-24-15-22(32)11-12-23(24)28-34-26(18-3-7-20(30)8-4-18)27(19-5-9-21(31)10-6-19)36(28)29(38)35-14-13-33-25(37)16-35/h3-12,15,17,26-27H,13-14,16H2,1-2H3,(H,33,37). The number of nitrogens with zero attached hydrogens (tertiary/aromatic N) is 3. The van der Waals surface area contributed by atoms with Crippen LogP contribution in [0.3, 0.4) is 0 Å². The fourth-order valence-corrected chi connectivity index (χ4v) is 5.09. The monoisotopic (exact) mass is 568 g/mol. The number of carbonyl (C=O) groups excluding carboxylic acids is 2. The molecule has 2 unspecified atom stereocenters. The van der Waals surface area contributed by atoms with Gasteiger partial charge in [0, 0.05) is 29.2 Å². The van der Waals surface area contributed by atoms with E-state index in [-0.39, 0.29) is 30.3 Å². The summed E-state index contributed by atoms with van der Waals surface area (Å²) in [5.41, 5.74) is 2.09. The van der Waals surface area contributed by atoms with Gasteiger partial charge in [-0.05, 0) is 61.4 Å². The first kappa shape index (κ1) is 27.0. The van der Waals surface area contributed by atoms with Crippen molar-refractivity contribution in [1.29, 1.82) is 0 Å². The second-order valence-electron chi connectivity index (χ2n) is 9.68. The van der Waals surface area contributed by atoms with Crippen LogP contribution in [0, 0.1) is 5.82 Å². The number of nitrogens with one attached hydrogen (secondary N) is 1. The Hall–Kier alpha value is -3.62. The molecule has 3 aromatic rings. The molecule has 39 heavy (non-hydrogen) atoms. The second kappa shape index (κ2) is 11.2. The Kier molecular flexibility index (Phi) is 7.77. The Morgan fingerprint density at radius 1 is 1.03 bits per heavy atom. The summed E-state index contributed by atoms with van der Waals surface area (Å²) in [6.45, 7) is 4.28. The van der Waals surface area contributed by atoms with E-state index in [4.69, 9.17) is 32.9 Å². The maximum absolute atomic E-state index is 14.4. The molecule has 2 heterocycles. The van der Waals surface area contributed by atoms with Crippen molar-refractivity contribution in [2.75, 3.05) is 19.6 Å². The number of aliphatic imine (C=N–C) groups is 1. The van der Waals surface area contributed by atoms with Gasteiger partial charge in [0.05, 0.1) is 17.7 Å². The van der Waals surface area contributed by atoms with Crippen LogP contribution < -0.4 is 10.1 Å². The van der Waals surface area contributed by atoms with Gasteiger partial charge in [-0.25, -0.2) is 9.18 Å². The molecule has 0 bridgehead atoms. The van der Waals surface area contributed by atoms with Crippen LogP contribution in [0.25, 0.3) is 0 Å². The van der Waals surface area contributed by atoms with Crippen LogP contribution in [0.1, 0.15) is 42.6 Å². The van der Waals surface area contributed by atoms with E-state index in [9.17, 15) is 14.0 Å². The Morgan fingerprint density at radius 2 is 1.67 bits per heavy atom. The van der Waals surface area contributed by atoms with Gasteiger partial charge in [0.1, 0.15) is 30.0 Å². The molecule has 3 aromatic carbocycles. The van der Waals surface area contributed by atoms with Crippen molar-refractivity contribution in [3.05, 3.63) is 99.3 Å². The average Bonchev–Trinajstić information content (AvgIpc) is 3.29. The van der Waals surface area contributed by atoms with Crippen LogP contribution in [0.15, 0.2) is 71.7 Å². The van der Waals surface area contributed by atoms with E-state index in [1.807, 2.05) is 38.1 Å². The summed E-state index contributed by atoms with van der Waals surface area (Å²) in [6, 6.07) is 17.2. The molecule has 0 spiro atoms. The number of piperazine rings is 1. The number of benzene rings is 3. The quantitative estimate of drug-likeness (QED) is 0.409. The Balaban J connectivity index is 1.70. The van der Waals surface area contributed by atoms with Gasteiger partial charge in [-0.15, -0.1) is 0 Å². The largest absolute Gasteiger partial charge is 0.490 e. The molecule has 1 saturated heterocycles. The molecule has 0 aromatic heterocycles. The number of rotatable bonds is 5. The molecule has 202 valence electrons. The van der Waals surface area contributed by atoms with Gasteiger partial charge in [-0.3, -0.25) is 14.7 Å². The first-order valence-corrected chi connectivity index (χ1v) is 13.4. The molecule has 0 radical (unpaired) electrons. The van der Waals surface area contributed by atoms with Crippen LogP contribution in [-0.2, 0) is 4.79 Å². The predicted octanol–water partition coefficient (Wildman–Crippen LogP) is 6.02. The molecule has 7 nitrogen and oxygen atoms in total. The van der Waals surface area contributed by atoms with Crippen LogP contribution in [-0.4, -0.2) is 53.3 Å². The van der Waals surface area contributed by atoms with E-state index in [2.05, 4.69) is 5.32 Å². The van der Waals surface area contributed by atoms with Crippen molar-refractivity contribution in [2.45, 2.75) is 32.0 Å². The minimum absolute atomic E-state index is 0.0830. The van der Waals surface area contributed by atoms with E-state index < -0.39 is 17.9 Å². The lowest BCUT2D eigenvalue weighted by Gasteiger charge is -2.35. The summed E-state index contributed by atoms with van der Waals surface area (Å²) in [4.78, 5) is 34.6. The highest BCUT2D eigenvalue weighted by molar-refractivity contribution is 6.30. The predicted molar refractivity (Wildman–Crippen MR) is 149 cm³/mol. The van der Waals surface area contributed by atoms with Gasteiger partial charge in [0.2, 0.25) is 5.91 Å². The molecule has 0 saturated carbocycles. The number of carbonyl (C=O) groups is 2. The summed E-state index contributed by atoms with van der Waals surface area (Å²) in [7, 11) is 0. The van der Waals surface area contributed by atoms with E-state index in [0.717, 1.165) is 11.1 Å². The van der Waals surface area contributed by atoms with Gasteiger partial charge in [0.15, 0.2) is 0 Å². The molecule has 5 rings (SSSR count). The van der Waals surface area contributed by atoms with Gasteiger partial charge in [0.25, 0.3) is 0 Å². The van der Waals surface area contributed by atoms with Crippen LogP contribution in [0.2, 0.25) is 10.0 Å². The number of hydrogen-bond acceptors (Lipinski definition) is 4. The van der Waals surface area contributed by atoms with Crippen molar-refractivity contribution in [3.8, 4) is 5.75 Å². The average molecular weight is 569 g/mol. The molecule has 10 heteroatoms. The molecule has 2 aliphatic heterocycles. The first-order chi connectivity index (χ1) is 18.7. The highest BCUT2D eigenvalue weighted by atomic mass is 35.5. The molecular weight excluding hydrogens is 542 g/mol.